The van der Waals surface area contributed by atoms with Gasteiger partial charge in [0.25, 0.3) is 0 Å². The van der Waals surface area contributed by atoms with Gasteiger partial charge in [0.15, 0.2) is 0 Å². The first-order valence-electron chi connectivity index (χ1n) is 11.7. The molecule has 0 atom stereocenters. The van der Waals surface area contributed by atoms with Crippen molar-refractivity contribution in [2.24, 2.45) is 0 Å². The van der Waals surface area contributed by atoms with E-state index in [0.29, 0.717) is 0 Å². The summed E-state index contributed by atoms with van der Waals surface area (Å²) in [5, 5.41) is 10.2. The number of nitrogens with one attached hydrogen (secondary N) is 1. The molecule has 0 unspecified atom stereocenters. The van der Waals surface area contributed by atoms with Gasteiger partial charge in [-0.05, 0) is 70.1 Å². The van der Waals surface area contributed by atoms with Crippen LogP contribution in [0.1, 0.15) is 0 Å². The van der Waals surface area contributed by atoms with E-state index in [4.69, 9.17) is 0 Å². The molecule has 0 saturated heterocycles. The largest absolute Gasteiger partial charge is 0.354 e. The number of hydrogen-bond acceptors (Lipinski definition) is 0. The molecule has 0 amide bonds. The smallest absolute Gasteiger partial charge is 0.0548 e. The lowest BCUT2D eigenvalue weighted by Crippen LogP contribution is -1.93. The standard InChI is InChI=1S/C32H20N2/c1-2-12-24(13-3-1)34-29-15-14-27-31(25-16-20-8-4-6-10-22(20)18-28(25)33-27)32(29)26-17-21-9-5-7-11-23(21)19-30(26)34/h1-19,33H. The summed E-state index contributed by atoms with van der Waals surface area (Å²) in [6.07, 6.45) is 0. The summed E-state index contributed by atoms with van der Waals surface area (Å²) in [5.74, 6) is 0. The molecule has 158 valence electrons. The summed E-state index contributed by atoms with van der Waals surface area (Å²) >= 11 is 0. The molecular weight excluding hydrogens is 412 g/mol. The summed E-state index contributed by atoms with van der Waals surface area (Å²) in [5.41, 5.74) is 6.02. The molecule has 1 N–H and O–H groups in total. The first-order chi connectivity index (χ1) is 16.8. The van der Waals surface area contributed by atoms with Crippen LogP contribution in [0.3, 0.4) is 0 Å². The first-order valence-corrected chi connectivity index (χ1v) is 11.7. The molecular formula is C32H20N2. The Labute approximate surface area is 195 Å². The lowest BCUT2D eigenvalue weighted by molar-refractivity contribution is 1.18. The average Bonchev–Trinajstić information content (AvgIpc) is 3.40. The molecule has 0 bridgehead atoms. The lowest BCUT2D eigenvalue weighted by Gasteiger charge is -2.08. The van der Waals surface area contributed by atoms with E-state index in [1.54, 1.807) is 0 Å². The van der Waals surface area contributed by atoms with Gasteiger partial charge in [-0.2, -0.15) is 0 Å². The molecule has 2 heterocycles. The van der Waals surface area contributed by atoms with E-state index in [1.807, 2.05) is 0 Å². The third-order valence-electron chi connectivity index (χ3n) is 7.24. The predicted octanol–water partition coefficient (Wildman–Crippen LogP) is 8.72. The molecule has 2 heteroatoms. The highest BCUT2D eigenvalue weighted by atomic mass is 15.0. The van der Waals surface area contributed by atoms with E-state index in [-0.39, 0.29) is 0 Å². The Hall–Kier alpha value is -4.56. The molecule has 34 heavy (non-hydrogen) atoms. The van der Waals surface area contributed by atoms with Crippen LogP contribution in [0.15, 0.2) is 115 Å². The van der Waals surface area contributed by atoms with Gasteiger partial charge in [-0.25, -0.2) is 0 Å². The average molecular weight is 433 g/mol. The predicted molar refractivity (Wildman–Crippen MR) is 145 cm³/mol. The number of aromatic amines is 1. The third-order valence-corrected chi connectivity index (χ3v) is 7.24. The van der Waals surface area contributed by atoms with Crippen LogP contribution in [0.4, 0.5) is 0 Å². The van der Waals surface area contributed by atoms with E-state index in [1.165, 1.54) is 70.8 Å². The SMILES string of the molecule is c1ccc(-n2c3cc4ccccc4cc3c3c4c(ccc32)[nH]c2cc3ccccc3cc24)cc1. The molecule has 2 nitrogen and oxygen atoms in total. The number of nitrogens with zero attached hydrogens (tertiary/aromatic N) is 1. The van der Waals surface area contributed by atoms with Crippen molar-refractivity contribution in [2.45, 2.75) is 0 Å². The summed E-state index contributed by atoms with van der Waals surface area (Å²) in [7, 11) is 0. The maximum absolute atomic E-state index is 3.70. The van der Waals surface area contributed by atoms with Gasteiger partial charge >= 0.3 is 0 Å². The van der Waals surface area contributed by atoms with E-state index >= 15 is 0 Å². The van der Waals surface area contributed by atoms with Crippen molar-refractivity contribution in [3.05, 3.63) is 115 Å². The van der Waals surface area contributed by atoms with Crippen LogP contribution in [0.5, 0.6) is 0 Å². The molecule has 0 fully saturated rings. The Morgan fingerprint density at radius 1 is 0.441 bits per heavy atom. The number of hydrogen-bond donors (Lipinski definition) is 1. The second-order valence-corrected chi connectivity index (χ2v) is 9.14. The molecule has 8 rings (SSSR count). The minimum absolute atomic E-state index is 1.18. The number of para-hydroxylation sites is 1. The molecule has 0 saturated carbocycles. The minimum atomic E-state index is 1.18. The molecule has 0 aliphatic heterocycles. The molecule has 0 aliphatic rings. The third kappa shape index (κ3) is 2.35. The number of benzene rings is 6. The fourth-order valence-electron chi connectivity index (χ4n) is 5.73. The number of aromatic nitrogens is 2. The Balaban J connectivity index is 1.65. The highest BCUT2D eigenvalue weighted by Crippen LogP contribution is 2.41. The second kappa shape index (κ2) is 6.49. The Kier molecular flexibility index (Phi) is 3.42. The van der Waals surface area contributed by atoms with Crippen molar-refractivity contribution in [1.82, 2.24) is 9.55 Å². The monoisotopic (exact) mass is 432 g/mol. The fourth-order valence-corrected chi connectivity index (χ4v) is 5.73. The van der Waals surface area contributed by atoms with Gasteiger partial charge in [-0.1, -0.05) is 66.7 Å². The maximum Gasteiger partial charge on any atom is 0.0548 e. The van der Waals surface area contributed by atoms with Gasteiger partial charge in [0.05, 0.1) is 11.0 Å². The molecule has 0 radical (unpaired) electrons. The van der Waals surface area contributed by atoms with Crippen LogP contribution >= 0.6 is 0 Å². The van der Waals surface area contributed by atoms with E-state index < -0.39 is 0 Å². The zero-order valence-electron chi connectivity index (χ0n) is 18.4. The van der Waals surface area contributed by atoms with E-state index in [0.717, 1.165) is 0 Å². The molecule has 8 aromatic rings. The number of rotatable bonds is 1. The summed E-state index contributed by atoms with van der Waals surface area (Å²) in [6.45, 7) is 0. The van der Waals surface area contributed by atoms with Gasteiger partial charge in [0.2, 0.25) is 0 Å². The molecule has 6 aromatic carbocycles. The highest BCUT2D eigenvalue weighted by Gasteiger charge is 2.18. The van der Waals surface area contributed by atoms with Crippen molar-refractivity contribution in [2.75, 3.05) is 0 Å². The summed E-state index contributed by atoms with van der Waals surface area (Å²) in [6, 6.07) is 41.8. The highest BCUT2D eigenvalue weighted by molar-refractivity contribution is 6.30. The fraction of sp³-hybridized carbons (Fsp3) is 0. The molecule has 2 aromatic heterocycles. The van der Waals surface area contributed by atoms with Gasteiger partial charge in [0, 0.05) is 38.3 Å². The first kappa shape index (κ1) is 17.9. The van der Waals surface area contributed by atoms with Crippen LogP contribution in [0, 0.1) is 0 Å². The lowest BCUT2D eigenvalue weighted by atomic mass is 10.0. The van der Waals surface area contributed by atoms with Crippen LogP contribution < -0.4 is 0 Å². The van der Waals surface area contributed by atoms with Crippen LogP contribution in [0.25, 0.3) is 70.8 Å². The van der Waals surface area contributed by atoms with Gasteiger partial charge in [0.1, 0.15) is 0 Å². The molecule has 0 aliphatic carbocycles. The molecule has 0 spiro atoms. The Morgan fingerprint density at radius 2 is 1.06 bits per heavy atom. The van der Waals surface area contributed by atoms with Crippen LogP contribution in [-0.4, -0.2) is 9.55 Å². The van der Waals surface area contributed by atoms with Crippen LogP contribution in [-0.2, 0) is 0 Å². The number of fused-ring (bicyclic) bond motifs is 9. The van der Waals surface area contributed by atoms with E-state index in [2.05, 4.69) is 125 Å². The maximum atomic E-state index is 3.70. The normalized spacial score (nSPS) is 12.1. The van der Waals surface area contributed by atoms with Gasteiger partial charge in [-0.15, -0.1) is 0 Å². The summed E-state index contributed by atoms with van der Waals surface area (Å²) < 4.78 is 2.41. The Morgan fingerprint density at radius 3 is 1.79 bits per heavy atom. The minimum Gasteiger partial charge on any atom is -0.354 e. The second-order valence-electron chi connectivity index (χ2n) is 9.14. The van der Waals surface area contributed by atoms with Crippen molar-refractivity contribution >= 4 is 65.2 Å². The summed E-state index contributed by atoms with van der Waals surface area (Å²) in [4.78, 5) is 3.70. The Bertz CT molecular complexity index is 2060. The van der Waals surface area contributed by atoms with Crippen LogP contribution in [0.2, 0.25) is 0 Å². The van der Waals surface area contributed by atoms with Gasteiger partial charge in [-0.3, -0.25) is 0 Å². The van der Waals surface area contributed by atoms with Crippen molar-refractivity contribution in [3.8, 4) is 5.69 Å². The van der Waals surface area contributed by atoms with E-state index in [9.17, 15) is 0 Å². The van der Waals surface area contributed by atoms with Crippen molar-refractivity contribution in [3.63, 3.8) is 0 Å². The quantitative estimate of drug-likeness (QED) is 0.268. The van der Waals surface area contributed by atoms with Crippen molar-refractivity contribution in [1.29, 1.82) is 0 Å². The number of H-pyrrole nitrogens is 1. The topological polar surface area (TPSA) is 20.7 Å². The zero-order valence-corrected chi connectivity index (χ0v) is 18.4. The van der Waals surface area contributed by atoms with Crippen molar-refractivity contribution < 1.29 is 0 Å². The zero-order chi connectivity index (χ0) is 22.2. The van der Waals surface area contributed by atoms with Gasteiger partial charge < -0.3 is 9.55 Å².